The minimum atomic E-state index is -4.41. The minimum Gasteiger partial charge on any atom is -0.249 e. The van der Waals surface area contributed by atoms with E-state index in [4.69, 9.17) is 0 Å². The van der Waals surface area contributed by atoms with Crippen LogP contribution in [0.2, 0.25) is 0 Å². The molecule has 1 heterocycles. The number of nitrogens with zero attached hydrogens (tertiary/aromatic N) is 3. The normalized spacial score (nSPS) is 12.5. The summed E-state index contributed by atoms with van der Waals surface area (Å²) in [5.41, 5.74) is -0.668. The highest BCUT2D eigenvalue weighted by atomic mass is 19.4. The molecule has 0 aliphatic rings. The maximum Gasteiger partial charge on any atom is 0.437 e. The summed E-state index contributed by atoms with van der Waals surface area (Å²) in [6.07, 6.45) is -4.06. The molecule has 1 aromatic heterocycles. The van der Waals surface area contributed by atoms with Gasteiger partial charge in [-0.2, -0.15) is 13.2 Å². The Bertz CT molecular complexity index is 328. The van der Waals surface area contributed by atoms with Crippen LogP contribution in [0.15, 0.2) is 0 Å². The van der Waals surface area contributed by atoms with E-state index in [-0.39, 0.29) is 11.6 Å². The second-order valence-electron chi connectivity index (χ2n) is 3.80. The van der Waals surface area contributed by atoms with Crippen molar-refractivity contribution < 1.29 is 13.2 Å². The maximum atomic E-state index is 12.5. The largest absolute Gasteiger partial charge is 0.437 e. The molecule has 0 amide bonds. The van der Waals surface area contributed by atoms with Gasteiger partial charge in [0.15, 0.2) is 5.69 Å². The molecule has 0 radical (unpaired) electrons. The second-order valence-corrected chi connectivity index (χ2v) is 3.80. The van der Waals surface area contributed by atoms with Gasteiger partial charge in [0, 0.05) is 6.54 Å². The fourth-order valence-electron chi connectivity index (χ4n) is 1.40. The Balaban J connectivity index is 3.11. The average molecular weight is 221 g/mol. The van der Waals surface area contributed by atoms with Gasteiger partial charge >= 0.3 is 6.18 Å². The fourth-order valence-corrected chi connectivity index (χ4v) is 1.40. The van der Waals surface area contributed by atoms with E-state index in [1.165, 1.54) is 4.68 Å². The third-order valence-electron chi connectivity index (χ3n) is 2.01. The summed E-state index contributed by atoms with van der Waals surface area (Å²) in [6, 6.07) is 0. The molecule has 0 unspecified atom stereocenters. The monoisotopic (exact) mass is 221 g/mol. The number of aromatic nitrogens is 3. The van der Waals surface area contributed by atoms with Crippen LogP contribution in [0.1, 0.15) is 32.2 Å². The van der Waals surface area contributed by atoms with E-state index in [9.17, 15) is 13.2 Å². The molecule has 0 aliphatic carbocycles. The van der Waals surface area contributed by atoms with E-state index in [0.29, 0.717) is 13.0 Å². The highest BCUT2D eigenvalue weighted by Crippen LogP contribution is 2.31. The zero-order chi connectivity index (χ0) is 11.6. The standard InChI is InChI=1S/C9H14F3N3/c1-4-15-7(5-6(2)3)8(13-14-15)9(10,11)12/h6H,4-5H2,1-3H3. The van der Waals surface area contributed by atoms with E-state index in [1.807, 2.05) is 13.8 Å². The fraction of sp³-hybridized carbons (Fsp3) is 0.778. The summed E-state index contributed by atoms with van der Waals surface area (Å²) >= 11 is 0. The Labute approximate surface area is 86.3 Å². The van der Waals surface area contributed by atoms with Crippen molar-refractivity contribution in [1.82, 2.24) is 15.0 Å². The third kappa shape index (κ3) is 2.70. The van der Waals surface area contributed by atoms with Crippen LogP contribution in [0.5, 0.6) is 0 Å². The number of hydrogen-bond donors (Lipinski definition) is 0. The molecule has 0 saturated heterocycles. The van der Waals surface area contributed by atoms with Gasteiger partial charge in [-0.25, -0.2) is 4.68 Å². The lowest BCUT2D eigenvalue weighted by Gasteiger charge is -2.10. The molecule has 0 saturated carbocycles. The van der Waals surface area contributed by atoms with Crippen molar-refractivity contribution in [2.75, 3.05) is 0 Å². The first-order chi connectivity index (χ1) is 6.86. The quantitative estimate of drug-likeness (QED) is 0.785. The zero-order valence-electron chi connectivity index (χ0n) is 8.97. The smallest absolute Gasteiger partial charge is 0.249 e. The highest BCUT2D eigenvalue weighted by molar-refractivity contribution is 5.14. The number of alkyl halides is 3. The molecule has 0 aromatic carbocycles. The van der Waals surface area contributed by atoms with Crippen molar-refractivity contribution in [3.05, 3.63) is 11.4 Å². The van der Waals surface area contributed by atoms with E-state index in [0.717, 1.165) is 0 Å². The highest BCUT2D eigenvalue weighted by Gasteiger charge is 2.38. The van der Waals surface area contributed by atoms with Crippen molar-refractivity contribution in [2.45, 2.75) is 39.9 Å². The van der Waals surface area contributed by atoms with Gasteiger partial charge in [-0.15, -0.1) is 5.10 Å². The topological polar surface area (TPSA) is 30.7 Å². The first-order valence-corrected chi connectivity index (χ1v) is 4.85. The van der Waals surface area contributed by atoms with Gasteiger partial charge in [0.2, 0.25) is 0 Å². The van der Waals surface area contributed by atoms with Crippen LogP contribution in [0.25, 0.3) is 0 Å². The van der Waals surface area contributed by atoms with Crippen molar-refractivity contribution in [3.8, 4) is 0 Å². The minimum absolute atomic E-state index is 0.148. The van der Waals surface area contributed by atoms with Gasteiger partial charge in [-0.1, -0.05) is 19.1 Å². The van der Waals surface area contributed by atoms with Crippen LogP contribution in [0.3, 0.4) is 0 Å². The summed E-state index contributed by atoms with van der Waals surface area (Å²) < 4.78 is 38.9. The predicted molar refractivity (Wildman–Crippen MR) is 49.2 cm³/mol. The zero-order valence-corrected chi connectivity index (χ0v) is 8.97. The molecule has 0 atom stereocenters. The third-order valence-corrected chi connectivity index (χ3v) is 2.01. The summed E-state index contributed by atoms with van der Waals surface area (Å²) in [7, 11) is 0. The first-order valence-electron chi connectivity index (χ1n) is 4.85. The lowest BCUT2D eigenvalue weighted by Crippen LogP contribution is -2.13. The molecule has 0 aliphatic heterocycles. The van der Waals surface area contributed by atoms with Crippen molar-refractivity contribution in [1.29, 1.82) is 0 Å². The van der Waals surface area contributed by atoms with Crippen LogP contribution < -0.4 is 0 Å². The SMILES string of the molecule is CCn1nnc(C(F)(F)F)c1CC(C)C. The molecule has 0 N–H and O–H groups in total. The first kappa shape index (κ1) is 12.0. The molecule has 0 bridgehead atoms. The predicted octanol–water partition coefficient (Wildman–Crippen LogP) is 2.52. The molecule has 3 nitrogen and oxygen atoms in total. The van der Waals surface area contributed by atoms with Crippen molar-refractivity contribution in [3.63, 3.8) is 0 Å². The van der Waals surface area contributed by atoms with Crippen LogP contribution in [-0.2, 0) is 19.1 Å². The van der Waals surface area contributed by atoms with Gasteiger partial charge < -0.3 is 0 Å². The molecular weight excluding hydrogens is 207 g/mol. The van der Waals surface area contributed by atoms with E-state index in [2.05, 4.69) is 10.3 Å². The number of rotatable bonds is 3. The van der Waals surface area contributed by atoms with Gasteiger partial charge in [0.05, 0.1) is 5.69 Å². The molecule has 86 valence electrons. The Morgan fingerprint density at radius 1 is 1.33 bits per heavy atom. The number of aryl methyl sites for hydroxylation is 1. The van der Waals surface area contributed by atoms with Crippen molar-refractivity contribution in [2.24, 2.45) is 5.92 Å². The molecular formula is C9H14F3N3. The van der Waals surface area contributed by atoms with Crippen LogP contribution in [0.4, 0.5) is 13.2 Å². The Hall–Kier alpha value is -1.07. The molecule has 0 fully saturated rings. The molecule has 1 rings (SSSR count). The Kier molecular flexibility index (Phi) is 3.36. The van der Waals surface area contributed by atoms with Gasteiger partial charge in [0.25, 0.3) is 0 Å². The summed E-state index contributed by atoms with van der Waals surface area (Å²) in [5, 5.41) is 6.70. The molecule has 1 aromatic rings. The number of hydrogen-bond acceptors (Lipinski definition) is 2. The lowest BCUT2D eigenvalue weighted by molar-refractivity contribution is -0.141. The van der Waals surface area contributed by atoms with Gasteiger partial charge in [-0.3, -0.25) is 0 Å². The number of halogens is 3. The lowest BCUT2D eigenvalue weighted by atomic mass is 10.1. The maximum absolute atomic E-state index is 12.5. The van der Waals surface area contributed by atoms with Crippen LogP contribution in [-0.4, -0.2) is 15.0 Å². The molecule has 6 heteroatoms. The van der Waals surface area contributed by atoms with Crippen molar-refractivity contribution >= 4 is 0 Å². The Morgan fingerprint density at radius 3 is 2.33 bits per heavy atom. The van der Waals surface area contributed by atoms with Crippen LogP contribution in [0, 0.1) is 5.92 Å². The van der Waals surface area contributed by atoms with Gasteiger partial charge in [0.1, 0.15) is 0 Å². The molecule has 0 spiro atoms. The summed E-state index contributed by atoms with van der Waals surface area (Å²) in [5.74, 6) is 0.148. The van der Waals surface area contributed by atoms with E-state index in [1.54, 1.807) is 6.92 Å². The average Bonchev–Trinajstić information content (AvgIpc) is 2.45. The van der Waals surface area contributed by atoms with E-state index >= 15 is 0 Å². The summed E-state index contributed by atoms with van der Waals surface area (Å²) in [4.78, 5) is 0. The summed E-state index contributed by atoms with van der Waals surface area (Å²) in [6.45, 7) is 5.89. The molecule has 15 heavy (non-hydrogen) atoms. The van der Waals surface area contributed by atoms with Crippen LogP contribution >= 0.6 is 0 Å². The second kappa shape index (κ2) is 4.20. The van der Waals surface area contributed by atoms with Gasteiger partial charge in [-0.05, 0) is 19.3 Å². The van der Waals surface area contributed by atoms with E-state index < -0.39 is 11.9 Å². The Morgan fingerprint density at radius 2 is 1.93 bits per heavy atom.